The van der Waals surface area contributed by atoms with E-state index in [4.69, 9.17) is 13.9 Å². The molecule has 0 unspecified atom stereocenters. The summed E-state index contributed by atoms with van der Waals surface area (Å²) in [6.45, 7) is 6.90. The van der Waals surface area contributed by atoms with Gasteiger partial charge in [0, 0.05) is 30.5 Å². The average molecular weight is 572 g/mol. The summed E-state index contributed by atoms with van der Waals surface area (Å²) in [4.78, 5) is 31.7. The van der Waals surface area contributed by atoms with E-state index in [9.17, 15) is 9.59 Å². The van der Waals surface area contributed by atoms with E-state index in [0.29, 0.717) is 29.4 Å². The molecule has 0 aliphatic heterocycles. The maximum Gasteiger partial charge on any atom is 0.408 e. The fraction of sp³-hybridized carbons (Fsp3) is 0.281. The van der Waals surface area contributed by atoms with Crippen LogP contribution in [0.2, 0.25) is 0 Å². The van der Waals surface area contributed by atoms with Crippen LogP contribution in [0.3, 0.4) is 0 Å². The number of alkyl carbamates (subject to hydrolysis) is 1. The third-order valence-electron chi connectivity index (χ3n) is 6.61. The Balaban J connectivity index is 1.33. The van der Waals surface area contributed by atoms with Gasteiger partial charge in [0.1, 0.15) is 11.9 Å². The Bertz CT molecular complexity index is 1430. The molecule has 0 aliphatic carbocycles. The van der Waals surface area contributed by atoms with Gasteiger partial charge in [-0.15, -0.1) is 0 Å². The van der Waals surface area contributed by atoms with Crippen molar-refractivity contribution in [3.8, 4) is 17.1 Å². The third kappa shape index (κ3) is 8.58. The number of oxazole rings is 1. The van der Waals surface area contributed by atoms with Crippen molar-refractivity contribution in [3.63, 3.8) is 0 Å². The highest BCUT2D eigenvalue weighted by atomic mass is 16.6. The van der Waals surface area contributed by atoms with Gasteiger partial charge in [0.15, 0.2) is 12.2 Å². The quantitative estimate of drug-likeness (QED) is 0.164. The molecule has 3 aromatic carbocycles. The molecular formula is C32H37N5O5. The van der Waals surface area contributed by atoms with Crippen molar-refractivity contribution in [1.29, 1.82) is 0 Å². The highest BCUT2D eigenvalue weighted by molar-refractivity contribution is 6.00. The number of nitrogens with one attached hydrogen (secondary N) is 3. The SMILES string of the molecule is CCCN(CC)C[C@@H](OC(=O)NCc1cccc(NC(=O)Nc2ccc(-c3cnco3)c(OC)c2)c1)c1ccccc1. The van der Waals surface area contributed by atoms with Gasteiger partial charge in [-0.3, -0.25) is 4.90 Å². The fourth-order valence-electron chi connectivity index (χ4n) is 4.53. The summed E-state index contributed by atoms with van der Waals surface area (Å²) in [6, 6.07) is 21.8. The van der Waals surface area contributed by atoms with Gasteiger partial charge >= 0.3 is 12.1 Å². The van der Waals surface area contributed by atoms with Gasteiger partial charge in [0.2, 0.25) is 0 Å². The molecule has 0 bridgehead atoms. The monoisotopic (exact) mass is 571 g/mol. The van der Waals surface area contributed by atoms with E-state index in [-0.39, 0.29) is 6.54 Å². The van der Waals surface area contributed by atoms with Gasteiger partial charge in [-0.25, -0.2) is 14.6 Å². The largest absolute Gasteiger partial charge is 0.496 e. The molecular weight excluding hydrogens is 534 g/mol. The summed E-state index contributed by atoms with van der Waals surface area (Å²) in [5.74, 6) is 1.10. The molecule has 0 aliphatic rings. The first-order chi connectivity index (χ1) is 20.5. The van der Waals surface area contributed by atoms with E-state index in [1.165, 1.54) is 6.39 Å². The Morgan fingerprint density at radius 3 is 2.45 bits per heavy atom. The summed E-state index contributed by atoms with van der Waals surface area (Å²) in [6.07, 6.45) is 3.06. The smallest absolute Gasteiger partial charge is 0.408 e. The van der Waals surface area contributed by atoms with Crippen LogP contribution in [-0.4, -0.2) is 48.8 Å². The van der Waals surface area contributed by atoms with Crippen LogP contribution in [0.5, 0.6) is 5.75 Å². The van der Waals surface area contributed by atoms with Crippen molar-refractivity contribution >= 4 is 23.5 Å². The van der Waals surface area contributed by atoms with Crippen LogP contribution in [0.25, 0.3) is 11.3 Å². The highest BCUT2D eigenvalue weighted by Gasteiger charge is 2.19. The second kappa shape index (κ2) is 15.2. The van der Waals surface area contributed by atoms with Crippen molar-refractivity contribution in [2.75, 3.05) is 37.4 Å². The molecule has 1 atom stereocenters. The Kier molecular flexibility index (Phi) is 10.9. The highest BCUT2D eigenvalue weighted by Crippen LogP contribution is 2.32. The predicted octanol–water partition coefficient (Wildman–Crippen LogP) is 6.69. The van der Waals surface area contributed by atoms with Crippen molar-refractivity contribution in [2.24, 2.45) is 0 Å². The zero-order chi connectivity index (χ0) is 29.7. The Labute approximate surface area is 246 Å². The number of likely N-dealkylation sites (N-methyl/N-ethyl adjacent to an activating group) is 1. The minimum atomic E-state index is -0.504. The van der Waals surface area contributed by atoms with Crippen LogP contribution in [0.1, 0.15) is 37.5 Å². The summed E-state index contributed by atoms with van der Waals surface area (Å²) < 4.78 is 16.7. The minimum Gasteiger partial charge on any atom is -0.496 e. The number of rotatable bonds is 13. The number of hydrogen-bond acceptors (Lipinski definition) is 7. The van der Waals surface area contributed by atoms with Gasteiger partial charge in [-0.05, 0) is 54.9 Å². The maximum atomic E-state index is 12.8. The van der Waals surface area contributed by atoms with Crippen LogP contribution in [0.4, 0.5) is 21.0 Å². The van der Waals surface area contributed by atoms with E-state index in [1.807, 2.05) is 42.5 Å². The number of carbonyl (C=O) groups is 2. The van der Waals surface area contributed by atoms with E-state index >= 15 is 0 Å². The number of ether oxygens (including phenoxy) is 2. The van der Waals surface area contributed by atoms with Crippen molar-refractivity contribution in [1.82, 2.24) is 15.2 Å². The normalized spacial score (nSPS) is 11.5. The van der Waals surface area contributed by atoms with Crippen molar-refractivity contribution in [3.05, 3.63) is 96.5 Å². The zero-order valence-electron chi connectivity index (χ0n) is 24.1. The third-order valence-corrected chi connectivity index (χ3v) is 6.61. The number of urea groups is 1. The summed E-state index contributed by atoms with van der Waals surface area (Å²) in [7, 11) is 1.54. The molecule has 42 heavy (non-hydrogen) atoms. The molecule has 1 heterocycles. The van der Waals surface area contributed by atoms with Gasteiger partial charge < -0.3 is 29.8 Å². The van der Waals surface area contributed by atoms with Crippen molar-refractivity contribution < 1.29 is 23.5 Å². The molecule has 0 fully saturated rings. The molecule has 3 amide bonds. The number of benzene rings is 3. The molecule has 3 N–H and O–H groups in total. The molecule has 1 aromatic heterocycles. The minimum absolute atomic E-state index is 0.240. The second-order valence-electron chi connectivity index (χ2n) is 9.61. The zero-order valence-corrected chi connectivity index (χ0v) is 24.1. The Hall–Kier alpha value is -4.83. The predicted molar refractivity (Wildman–Crippen MR) is 162 cm³/mol. The standard InChI is InChI=1S/C32H37N5O5/c1-4-16-37(5-2)21-30(24-11-7-6-8-12-24)42-32(39)34-19-23-10-9-13-25(17-23)35-31(38)36-26-14-15-27(28(18-26)40-3)29-20-33-22-41-29/h6-15,17-18,20,22,30H,4-5,16,19,21H2,1-3H3,(H,34,39)(H2,35,36,38)/t30-/m1/s1. The molecule has 0 radical (unpaired) electrons. The van der Waals surface area contributed by atoms with Crippen LogP contribution in [0, 0.1) is 0 Å². The van der Waals surface area contributed by atoms with E-state index < -0.39 is 18.2 Å². The van der Waals surface area contributed by atoms with E-state index in [1.54, 1.807) is 43.6 Å². The van der Waals surface area contributed by atoms with Gasteiger partial charge in [-0.1, -0.05) is 56.3 Å². The second-order valence-corrected chi connectivity index (χ2v) is 9.61. The van der Waals surface area contributed by atoms with Gasteiger partial charge in [-0.2, -0.15) is 0 Å². The lowest BCUT2D eigenvalue weighted by atomic mass is 10.1. The number of amides is 3. The number of carbonyl (C=O) groups excluding carboxylic acids is 2. The number of nitrogens with zero attached hydrogens (tertiary/aromatic N) is 2. The number of hydrogen-bond donors (Lipinski definition) is 3. The first-order valence-electron chi connectivity index (χ1n) is 13.9. The summed E-state index contributed by atoms with van der Waals surface area (Å²) in [5.41, 5.74) is 3.59. The van der Waals surface area contributed by atoms with Crippen LogP contribution < -0.4 is 20.7 Å². The van der Waals surface area contributed by atoms with Crippen LogP contribution in [-0.2, 0) is 11.3 Å². The lowest BCUT2D eigenvalue weighted by Crippen LogP contribution is -2.33. The molecule has 10 nitrogen and oxygen atoms in total. The molecule has 4 aromatic rings. The molecule has 0 spiro atoms. The van der Waals surface area contributed by atoms with Gasteiger partial charge in [0.25, 0.3) is 0 Å². The summed E-state index contributed by atoms with van der Waals surface area (Å²) >= 11 is 0. The first kappa shape index (κ1) is 30.1. The topological polar surface area (TPSA) is 118 Å². The first-order valence-corrected chi connectivity index (χ1v) is 13.9. The van der Waals surface area contributed by atoms with Crippen LogP contribution in [0.15, 0.2) is 89.8 Å². The van der Waals surface area contributed by atoms with E-state index in [0.717, 1.165) is 36.2 Å². The fourth-order valence-corrected chi connectivity index (χ4v) is 4.53. The average Bonchev–Trinajstić information content (AvgIpc) is 3.55. The lowest BCUT2D eigenvalue weighted by Gasteiger charge is -2.26. The molecule has 0 saturated heterocycles. The Morgan fingerprint density at radius 2 is 1.76 bits per heavy atom. The van der Waals surface area contributed by atoms with Crippen LogP contribution >= 0.6 is 0 Å². The lowest BCUT2D eigenvalue weighted by molar-refractivity contribution is 0.0703. The number of methoxy groups -OCH3 is 1. The maximum absolute atomic E-state index is 12.8. The number of anilines is 2. The molecule has 10 heteroatoms. The molecule has 0 saturated carbocycles. The van der Waals surface area contributed by atoms with Crippen molar-refractivity contribution in [2.45, 2.75) is 32.9 Å². The number of aromatic nitrogens is 1. The van der Waals surface area contributed by atoms with E-state index in [2.05, 4.69) is 39.7 Å². The molecule has 4 rings (SSSR count). The Morgan fingerprint density at radius 1 is 0.976 bits per heavy atom. The summed E-state index contributed by atoms with van der Waals surface area (Å²) in [5, 5.41) is 8.46. The van der Waals surface area contributed by atoms with Gasteiger partial charge in [0.05, 0.1) is 18.9 Å². The molecule has 220 valence electrons.